The molecule has 2 unspecified atom stereocenters. The molecule has 2 aromatic rings. The number of halogens is 1. The third-order valence-electron chi connectivity index (χ3n) is 5.70. The van der Waals surface area contributed by atoms with Gasteiger partial charge in [0.25, 0.3) is 0 Å². The Morgan fingerprint density at radius 1 is 0.923 bits per heavy atom. The molecule has 0 aromatic heterocycles. The average molecular weight is 371 g/mol. The lowest BCUT2D eigenvalue weighted by molar-refractivity contribution is -0.121. The molecule has 0 saturated carbocycles. The zero-order valence-electron chi connectivity index (χ0n) is 15.1. The van der Waals surface area contributed by atoms with E-state index >= 15 is 0 Å². The number of nitrogens with zero attached hydrogens (tertiary/aromatic N) is 2. The van der Waals surface area contributed by atoms with E-state index in [1.165, 1.54) is 5.56 Å². The van der Waals surface area contributed by atoms with Crippen LogP contribution >= 0.6 is 12.4 Å². The minimum Gasteiger partial charge on any atom is -0.309 e. The van der Waals surface area contributed by atoms with Gasteiger partial charge in [0.2, 0.25) is 5.91 Å². The van der Waals surface area contributed by atoms with E-state index in [1.807, 2.05) is 18.2 Å². The lowest BCUT2D eigenvalue weighted by atomic mass is 9.83. The zero-order chi connectivity index (χ0) is 17.1. The van der Waals surface area contributed by atoms with Gasteiger partial charge in [-0.2, -0.15) is 0 Å². The van der Waals surface area contributed by atoms with Crippen LogP contribution in [0.25, 0.3) is 0 Å². The van der Waals surface area contributed by atoms with E-state index in [0.717, 1.165) is 44.6 Å². The number of likely N-dealkylation sites (tertiary alicyclic amines) is 1. The van der Waals surface area contributed by atoms with Crippen molar-refractivity contribution in [1.29, 1.82) is 0 Å². The second-order valence-electron chi connectivity index (χ2n) is 7.29. The molecule has 138 valence electrons. The zero-order valence-corrected chi connectivity index (χ0v) is 15.9. The number of rotatable bonds is 4. The summed E-state index contributed by atoms with van der Waals surface area (Å²) in [5, 5.41) is 0. The van der Waals surface area contributed by atoms with Crippen molar-refractivity contribution < 1.29 is 4.79 Å². The number of carbonyl (C=O) groups excluding carboxylic acids is 1. The molecule has 2 heterocycles. The normalized spacial score (nSPS) is 23.2. The van der Waals surface area contributed by atoms with Gasteiger partial charge in [0.15, 0.2) is 0 Å². The number of hydrogen-bond donors (Lipinski definition) is 0. The summed E-state index contributed by atoms with van der Waals surface area (Å²) in [5.74, 6) is 0.896. The Balaban J connectivity index is 0.00000196. The SMILES string of the molecule is Cl.O=C1CCC2CN(CCc3ccccc3)CCC2N1c1ccccc1. The van der Waals surface area contributed by atoms with Gasteiger partial charge in [-0.15, -0.1) is 12.4 Å². The number of piperidine rings is 2. The van der Waals surface area contributed by atoms with Gasteiger partial charge in [-0.25, -0.2) is 0 Å². The third kappa shape index (κ3) is 4.11. The lowest BCUT2D eigenvalue weighted by Gasteiger charge is -2.47. The predicted octanol–water partition coefficient (Wildman–Crippen LogP) is 4.17. The maximum Gasteiger partial charge on any atom is 0.227 e. The summed E-state index contributed by atoms with van der Waals surface area (Å²) >= 11 is 0. The summed E-state index contributed by atoms with van der Waals surface area (Å²) in [5.41, 5.74) is 2.48. The topological polar surface area (TPSA) is 23.6 Å². The van der Waals surface area contributed by atoms with Gasteiger partial charge < -0.3 is 9.80 Å². The maximum absolute atomic E-state index is 12.6. The number of hydrogen-bond acceptors (Lipinski definition) is 2. The molecule has 1 amide bonds. The fourth-order valence-electron chi connectivity index (χ4n) is 4.39. The predicted molar refractivity (Wildman–Crippen MR) is 109 cm³/mol. The smallest absolute Gasteiger partial charge is 0.227 e. The van der Waals surface area contributed by atoms with Gasteiger partial charge >= 0.3 is 0 Å². The van der Waals surface area contributed by atoms with Crippen LogP contribution in [0, 0.1) is 5.92 Å². The first-order chi connectivity index (χ1) is 12.3. The van der Waals surface area contributed by atoms with Crippen LogP contribution in [-0.2, 0) is 11.2 Å². The van der Waals surface area contributed by atoms with Gasteiger partial charge in [-0.05, 0) is 42.9 Å². The Kier molecular flexibility index (Phi) is 6.33. The van der Waals surface area contributed by atoms with Crippen molar-refractivity contribution in [2.45, 2.75) is 31.7 Å². The van der Waals surface area contributed by atoms with Crippen LogP contribution in [0.4, 0.5) is 5.69 Å². The standard InChI is InChI=1S/C22H26N2O.ClH/c25-22-12-11-19-17-23(15-13-18-7-3-1-4-8-18)16-14-21(19)24(22)20-9-5-2-6-10-20;/h1-10,19,21H,11-17H2;1H. The molecular weight excluding hydrogens is 344 g/mol. The molecule has 3 nitrogen and oxygen atoms in total. The van der Waals surface area contributed by atoms with Crippen molar-refractivity contribution in [3.63, 3.8) is 0 Å². The molecule has 0 N–H and O–H groups in total. The van der Waals surface area contributed by atoms with E-state index in [1.54, 1.807) is 0 Å². The van der Waals surface area contributed by atoms with Crippen molar-refractivity contribution in [2.24, 2.45) is 5.92 Å². The molecule has 0 aliphatic carbocycles. The van der Waals surface area contributed by atoms with E-state index in [2.05, 4.69) is 52.3 Å². The van der Waals surface area contributed by atoms with Crippen LogP contribution in [0.3, 0.4) is 0 Å². The van der Waals surface area contributed by atoms with Gasteiger partial charge in [-0.1, -0.05) is 48.5 Å². The van der Waals surface area contributed by atoms with Crippen LogP contribution in [0.15, 0.2) is 60.7 Å². The molecule has 26 heavy (non-hydrogen) atoms. The van der Waals surface area contributed by atoms with E-state index in [4.69, 9.17) is 0 Å². The van der Waals surface area contributed by atoms with Gasteiger partial charge in [-0.3, -0.25) is 4.79 Å². The second-order valence-corrected chi connectivity index (χ2v) is 7.29. The quantitative estimate of drug-likeness (QED) is 0.806. The molecule has 2 saturated heterocycles. The van der Waals surface area contributed by atoms with Gasteiger partial charge in [0, 0.05) is 37.8 Å². The van der Waals surface area contributed by atoms with E-state index in [-0.39, 0.29) is 12.4 Å². The van der Waals surface area contributed by atoms with Crippen molar-refractivity contribution in [2.75, 3.05) is 24.5 Å². The molecule has 4 heteroatoms. The highest BCUT2D eigenvalue weighted by Crippen LogP contribution is 2.34. The maximum atomic E-state index is 12.6. The molecule has 0 spiro atoms. The minimum absolute atomic E-state index is 0. The number of para-hydroxylation sites is 1. The average Bonchev–Trinajstić information content (AvgIpc) is 2.68. The summed E-state index contributed by atoms with van der Waals surface area (Å²) < 4.78 is 0. The van der Waals surface area contributed by atoms with Crippen LogP contribution < -0.4 is 4.90 Å². The number of carbonyl (C=O) groups is 1. The highest BCUT2D eigenvalue weighted by atomic mass is 35.5. The van der Waals surface area contributed by atoms with Crippen LogP contribution in [0.2, 0.25) is 0 Å². The first kappa shape index (κ1) is 18.9. The Morgan fingerprint density at radius 2 is 1.62 bits per heavy atom. The lowest BCUT2D eigenvalue weighted by Crippen LogP contribution is -2.56. The van der Waals surface area contributed by atoms with Gasteiger partial charge in [0.1, 0.15) is 0 Å². The van der Waals surface area contributed by atoms with Crippen molar-refractivity contribution in [3.05, 3.63) is 66.2 Å². The Bertz CT molecular complexity index is 707. The first-order valence-electron chi connectivity index (χ1n) is 9.44. The highest BCUT2D eigenvalue weighted by Gasteiger charge is 2.39. The molecule has 2 atom stereocenters. The molecule has 0 radical (unpaired) electrons. The summed E-state index contributed by atoms with van der Waals surface area (Å²) in [6.45, 7) is 3.32. The largest absolute Gasteiger partial charge is 0.309 e. The van der Waals surface area contributed by atoms with Crippen molar-refractivity contribution >= 4 is 24.0 Å². The summed E-state index contributed by atoms with van der Waals surface area (Å²) in [7, 11) is 0. The second kappa shape index (κ2) is 8.70. The van der Waals surface area contributed by atoms with E-state index < -0.39 is 0 Å². The third-order valence-corrected chi connectivity index (χ3v) is 5.70. The van der Waals surface area contributed by atoms with E-state index in [0.29, 0.717) is 24.3 Å². The molecule has 4 rings (SSSR count). The molecular formula is C22H27ClN2O. The molecule has 2 aliphatic heterocycles. The van der Waals surface area contributed by atoms with Crippen molar-refractivity contribution in [1.82, 2.24) is 4.90 Å². The summed E-state index contributed by atoms with van der Waals surface area (Å²) in [4.78, 5) is 17.2. The molecule has 2 aliphatic rings. The van der Waals surface area contributed by atoms with Crippen LogP contribution in [0.1, 0.15) is 24.8 Å². The minimum atomic E-state index is 0. The van der Waals surface area contributed by atoms with Gasteiger partial charge in [0.05, 0.1) is 0 Å². The fraction of sp³-hybridized carbons (Fsp3) is 0.409. The number of amides is 1. The Hall–Kier alpha value is -1.84. The highest BCUT2D eigenvalue weighted by molar-refractivity contribution is 5.94. The first-order valence-corrected chi connectivity index (χ1v) is 9.44. The Labute approximate surface area is 162 Å². The summed E-state index contributed by atoms with van der Waals surface area (Å²) in [6, 6.07) is 21.3. The molecule has 2 aromatic carbocycles. The number of benzene rings is 2. The molecule has 0 bridgehead atoms. The summed E-state index contributed by atoms with van der Waals surface area (Å²) in [6.07, 6.45) is 3.91. The van der Waals surface area contributed by atoms with Crippen molar-refractivity contribution in [3.8, 4) is 0 Å². The monoisotopic (exact) mass is 370 g/mol. The van der Waals surface area contributed by atoms with Crippen LogP contribution in [-0.4, -0.2) is 36.5 Å². The fourth-order valence-corrected chi connectivity index (χ4v) is 4.39. The Morgan fingerprint density at radius 3 is 2.35 bits per heavy atom. The van der Waals surface area contributed by atoms with Crippen LogP contribution in [0.5, 0.6) is 0 Å². The number of anilines is 1. The molecule has 2 fully saturated rings. The van der Waals surface area contributed by atoms with E-state index in [9.17, 15) is 4.79 Å². The number of fused-ring (bicyclic) bond motifs is 1.